The smallest absolute Gasteiger partial charge is 0.00550 e. The van der Waals surface area contributed by atoms with Crippen LogP contribution >= 0.6 is 0 Å². The maximum Gasteiger partial charge on any atom is -0.00550 e. The van der Waals surface area contributed by atoms with Gasteiger partial charge in [0, 0.05) is 0 Å². The van der Waals surface area contributed by atoms with E-state index in [2.05, 4.69) is 70.2 Å². The molecule has 0 amide bonds. The first-order valence-electron chi connectivity index (χ1n) is 8.53. The van der Waals surface area contributed by atoms with Crippen molar-refractivity contribution < 1.29 is 0 Å². The number of aryl methyl sites for hydroxylation is 2. The zero-order chi connectivity index (χ0) is 15.7. The summed E-state index contributed by atoms with van der Waals surface area (Å²) in [7, 11) is 0. The van der Waals surface area contributed by atoms with Gasteiger partial charge in [-0.15, -0.1) is 0 Å². The molecule has 0 unspecified atom stereocenters. The Labute approximate surface area is 134 Å². The van der Waals surface area contributed by atoms with Crippen LogP contribution in [0.25, 0.3) is 17.2 Å². The molecule has 0 heterocycles. The summed E-state index contributed by atoms with van der Waals surface area (Å²) in [5.74, 6) is 0.631. The maximum absolute atomic E-state index is 2.46. The highest BCUT2D eigenvalue weighted by molar-refractivity contribution is 5.84. The van der Waals surface area contributed by atoms with Crippen molar-refractivity contribution in [1.82, 2.24) is 0 Å². The normalized spacial score (nSPS) is 13.4. The van der Waals surface area contributed by atoms with Gasteiger partial charge in [-0.05, 0) is 59.1 Å². The van der Waals surface area contributed by atoms with Crippen molar-refractivity contribution in [2.75, 3.05) is 0 Å². The molecule has 0 fully saturated rings. The van der Waals surface area contributed by atoms with Gasteiger partial charge in [-0.1, -0.05) is 75.2 Å². The van der Waals surface area contributed by atoms with E-state index in [0.717, 1.165) is 12.8 Å². The van der Waals surface area contributed by atoms with Crippen molar-refractivity contribution in [2.45, 2.75) is 47.0 Å². The highest BCUT2D eigenvalue weighted by Gasteiger charge is 2.21. The maximum atomic E-state index is 2.46. The molecule has 0 bridgehead atoms. The van der Waals surface area contributed by atoms with Crippen LogP contribution < -0.4 is 0 Å². The Morgan fingerprint density at radius 3 is 2.50 bits per heavy atom. The Hall–Kier alpha value is -1.82. The molecule has 0 radical (unpaired) electrons. The molecule has 114 valence electrons. The summed E-state index contributed by atoms with van der Waals surface area (Å²) < 4.78 is 0. The van der Waals surface area contributed by atoms with Gasteiger partial charge >= 0.3 is 0 Å². The zero-order valence-electron chi connectivity index (χ0n) is 14.2. The van der Waals surface area contributed by atoms with E-state index in [1.54, 1.807) is 5.57 Å². The van der Waals surface area contributed by atoms with Crippen molar-refractivity contribution >= 4 is 6.08 Å². The molecule has 0 N–H and O–H groups in total. The number of fused-ring (bicyclic) bond motifs is 1. The summed E-state index contributed by atoms with van der Waals surface area (Å²) in [6.07, 6.45) is 5.93. The van der Waals surface area contributed by atoms with Crippen LogP contribution in [0.2, 0.25) is 0 Å². The van der Waals surface area contributed by atoms with Crippen LogP contribution in [0.4, 0.5) is 0 Å². The Morgan fingerprint density at radius 1 is 1.05 bits per heavy atom. The van der Waals surface area contributed by atoms with Gasteiger partial charge in [-0.3, -0.25) is 0 Å². The number of hydrogen-bond acceptors (Lipinski definition) is 0. The van der Waals surface area contributed by atoms with E-state index >= 15 is 0 Å². The first kappa shape index (κ1) is 15.1. The third kappa shape index (κ3) is 2.63. The van der Waals surface area contributed by atoms with Crippen LogP contribution in [0.5, 0.6) is 0 Å². The van der Waals surface area contributed by atoms with Crippen molar-refractivity contribution in [3.05, 3.63) is 64.2 Å². The van der Waals surface area contributed by atoms with Crippen molar-refractivity contribution in [2.24, 2.45) is 5.92 Å². The second kappa shape index (κ2) is 6.12. The largest absolute Gasteiger partial charge is 0.0651 e. The van der Waals surface area contributed by atoms with Gasteiger partial charge in [0.2, 0.25) is 0 Å². The molecular weight excluding hydrogens is 264 g/mol. The fourth-order valence-corrected chi connectivity index (χ4v) is 3.50. The molecule has 1 aliphatic rings. The molecule has 2 aromatic carbocycles. The predicted molar refractivity (Wildman–Crippen MR) is 97.1 cm³/mol. The van der Waals surface area contributed by atoms with Gasteiger partial charge in [0.15, 0.2) is 0 Å². The average molecular weight is 290 g/mol. The highest BCUT2D eigenvalue weighted by atomic mass is 14.3. The monoisotopic (exact) mass is 290 g/mol. The molecule has 0 saturated heterocycles. The van der Waals surface area contributed by atoms with Crippen LogP contribution in [0.15, 0.2) is 42.0 Å². The summed E-state index contributed by atoms with van der Waals surface area (Å²) in [5, 5.41) is 0. The molecule has 0 atom stereocenters. The lowest BCUT2D eigenvalue weighted by Crippen LogP contribution is -1.97. The zero-order valence-corrected chi connectivity index (χ0v) is 14.2. The number of benzene rings is 2. The Bertz CT molecular complexity index is 717. The summed E-state index contributed by atoms with van der Waals surface area (Å²) >= 11 is 0. The lowest BCUT2D eigenvalue weighted by molar-refractivity contribution is 0.754. The SMILES string of the molecule is CCCc1ccc2c(c1-c1ccccc1C)C=C(C(C)C)C2. The van der Waals surface area contributed by atoms with Gasteiger partial charge in [-0.25, -0.2) is 0 Å². The number of rotatable bonds is 4. The van der Waals surface area contributed by atoms with Crippen LogP contribution in [0.3, 0.4) is 0 Å². The molecule has 0 spiro atoms. The van der Waals surface area contributed by atoms with Crippen LogP contribution in [-0.4, -0.2) is 0 Å². The van der Waals surface area contributed by atoms with Crippen LogP contribution in [0, 0.1) is 12.8 Å². The minimum atomic E-state index is 0.631. The molecule has 22 heavy (non-hydrogen) atoms. The first-order valence-corrected chi connectivity index (χ1v) is 8.53. The fraction of sp³-hybridized carbons (Fsp3) is 0.364. The van der Waals surface area contributed by atoms with Gasteiger partial charge in [0.25, 0.3) is 0 Å². The van der Waals surface area contributed by atoms with Crippen molar-refractivity contribution in [1.29, 1.82) is 0 Å². The molecule has 0 saturated carbocycles. The van der Waals surface area contributed by atoms with Gasteiger partial charge < -0.3 is 0 Å². The van der Waals surface area contributed by atoms with Crippen molar-refractivity contribution in [3.8, 4) is 11.1 Å². The molecule has 1 aliphatic carbocycles. The summed E-state index contributed by atoms with van der Waals surface area (Å²) in [6.45, 7) is 9.10. The number of allylic oxidation sites excluding steroid dienone is 1. The van der Waals surface area contributed by atoms with E-state index in [0.29, 0.717) is 5.92 Å². The standard InChI is InChI=1S/C22H26/c1-5-8-17-11-12-18-13-19(15(2)3)14-21(18)22(17)20-10-7-6-9-16(20)4/h6-7,9-12,14-15H,5,8,13H2,1-4H3. The summed E-state index contributed by atoms with van der Waals surface area (Å²) in [6, 6.07) is 13.5. The topological polar surface area (TPSA) is 0 Å². The van der Waals surface area contributed by atoms with E-state index < -0.39 is 0 Å². The van der Waals surface area contributed by atoms with Gasteiger partial charge in [-0.2, -0.15) is 0 Å². The lowest BCUT2D eigenvalue weighted by atomic mass is 9.88. The van der Waals surface area contributed by atoms with E-state index in [1.165, 1.54) is 39.8 Å². The molecule has 0 nitrogen and oxygen atoms in total. The Morgan fingerprint density at radius 2 is 1.82 bits per heavy atom. The molecule has 0 aromatic heterocycles. The highest BCUT2D eigenvalue weighted by Crippen LogP contribution is 2.39. The predicted octanol–water partition coefficient (Wildman–Crippen LogP) is 6.21. The van der Waals surface area contributed by atoms with Crippen LogP contribution in [-0.2, 0) is 12.8 Å². The second-order valence-electron chi connectivity index (χ2n) is 6.79. The minimum Gasteiger partial charge on any atom is -0.0651 e. The second-order valence-corrected chi connectivity index (χ2v) is 6.79. The van der Waals surface area contributed by atoms with Crippen molar-refractivity contribution in [3.63, 3.8) is 0 Å². The quantitative estimate of drug-likeness (QED) is 0.628. The fourth-order valence-electron chi connectivity index (χ4n) is 3.50. The molecular formula is C22H26. The lowest BCUT2D eigenvalue weighted by Gasteiger charge is -2.16. The van der Waals surface area contributed by atoms with E-state index in [-0.39, 0.29) is 0 Å². The van der Waals surface area contributed by atoms with E-state index in [1.807, 2.05) is 0 Å². The van der Waals surface area contributed by atoms with E-state index in [9.17, 15) is 0 Å². The minimum absolute atomic E-state index is 0.631. The Balaban J connectivity index is 2.23. The number of hydrogen-bond donors (Lipinski definition) is 0. The summed E-state index contributed by atoms with van der Waals surface area (Å²) in [4.78, 5) is 0. The third-order valence-electron chi connectivity index (χ3n) is 4.82. The van der Waals surface area contributed by atoms with Crippen LogP contribution in [0.1, 0.15) is 49.4 Å². The molecule has 2 aromatic rings. The van der Waals surface area contributed by atoms with Gasteiger partial charge in [0.1, 0.15) is 0 Å². The average Bonchev–Trinajstić information content (AvgIpc) is 2.93. The first-order chi connectivity index (χ1) is 10.6. The van der Waals surface area contributed by atoms with Gasteiger partial charge in [0.05, 0.1) is 0 Å². The third-order valence-corrected chi connectivity index (χ3v) is 4.82. The van der Waals surface area contributed by atoms with E-state index in [4.69, 9.17) is 0 Å². The molecule has 3 rings (SSSR count). The molecule has 0 aliphatic heterocycles. The summed E-state index contributed by atoms with van der Waals surface area (Å²) in [5.41, 5.74) is 10.3. The molecule has 0 heteroatoms. The Kier molecular flexibility index (Phi) is 4.20.